The Morgan fingerprint density at radius 3 is 2.57 bits per heavy atom. The maximum Gasteiger partial charge on any atom is 0.271 e. The molecule has 0 bridgehead atoms. The molecule has 1 aliphatic heterocycles. The molecule has 4 rings (SSSR count). The molecule has 35 heavy (non-hydrogen) atoms. The van der Waals surface area contributed by atoms with Crippen molar-refractivity contribution in [2.75, 3.05) is 45.2 Å². The van der Waals surface area contributed by atoms with Gasteiger partial charge in [0.25, 0.3) is 5.91 Å². The number of nitrogens with zero attached hydrogens (tertiary/aromatic N) is 3. The molecule has 1 atom stereocenters. The van der Waals surface area contributed by atoms with Crippen LogP contribution >= 0.6 is 11.3 Å². The summed E-state index contributed by atoms with van der Waals surface area (Å²) in [5.74, 6) is 0.316. The number of rotatable bonds is 9. The lowest BCUT2D eigenvalue weighted by Gasteiger charge is -2.36. The van der Waals surface area contributed by atoms with Gasteiger partial charge in [0.2, 0.25) is 5.91 Å². The second-order valence-corrected chi connectivity index (χ2v) is 9.23. The molecule has 1 saturated heterocycles. The number of ether oxygens (including phenoxy) is 1. The van der Waals surface area contributed by atoms with Crippen molar-refractivity contribution < 1.29 is 14.3 Å². The second kappa shape index (κ2) is 11.8. The first kappa shape index (κ1) is 24.7. The molecule has 0 saturated carbocycles. The van der Waals surface area contributed by atoms with Crippen LogP contribution in [0.1, 0.15) is 23.0 Å². The number of thiazole rings is 1. The molecule has 0 spiro atoms. The van der Waals surface area contributed by atoms with Gasteiger partial charge in [-0.15, -0.1) is 11.3 Å². The van der Waals surface area contributed by atoms with E-state index < -0.39 is 6.04 Å². The predicted octanol–water partition coefficient (Wildman–Crippen LogP) is 3.40. The molecule has 8 nitrogen and oxygen atoms in total. The van der Waals surface area contributed by atoms with Crippen LogP contribution in [0.4, 0.5) is 10.8 Å². The van der Waals surface area contributed by atoms with Crippen LogP contribution in [0.3, 0.4) is 0 Å². The van der Waals surface area contributed by atoms with E-state index in [1.807, 2.05) is 59.5 Å². The Balaban J connectivity index is 1.45. The smallest absolute Gasteiger partial charge is 0.271 e. The zero-order valence-corrected chi connectivity index (χ0v) is 20.9. The normalized spacial score (nSPS) is 14.9. The Hall–Kier alpha value is -3.43. The van der Waals surface area contributed by atoms with Gasteiger partial charge in [-0.3, -0.25) is 9.59 Å². The van der Waals surface area contributed by atoms with E-state index in [4.69, 9.17) is 4.74 Å². The number of aromatic nitrogens is 1. The number of carbonyl (C=O) groups excluding carboxylic acids is 2. The summed E-state index contributed by atoms with van der Waals surface area (Å²) in [6.07, 6.45) is 0.429. The molecule has 1 aromatic heterocycles. The Bertz CT molecular complexity index is 1130. The Kier molecular flexibility index (Phi) is 8.33. The maximum absolute atomic E-state index is 13.4. The van der Waals surface area contributed by atoms with Crippen LogP contribution < -0.4 is 15.4 Å². The summed E-state index contributed by atoms with van der Waals surface area (Å²) in [5.41, 5.74) is 2.09. The zero-order chi connectivity index (χ0) is 24.6. The van der Waals surface area contributed by atoms with E-state index in [-0.39, 0.29) is 17.5 Å². The monoisotopic (exact) mass is 493 g/mol. The van der Waals surface area contributed by atoms with Crippen molar-refractivity contribution in [3.8, 4) is 5.75 Å². The van der Waals surface area contributed by atoms with Crippen LogP contribution in [0, 0.1) is 0 Å². The van der Waals surface area contributed by atoms with Crippen LogP contribution in [0.5, 0.6) is 5.75 Å². The highest BCUT2D eigenvalue weighted by atomic mass is 32.1. The highest BCUT2D eigenvalue weighted by Gasteiger charge is 2.29. The van der Waals surface area contributed by atoms with Crippen molar-refractivity contribution >= 4 is 34.0 Å². The third kappa shape index (κ3) is 6.58. The van der Waals surface area contributed by atoms with Gasteiger partial charge in [0.15, 0.2) is 5.13 Å². The van der Waals surface area contributed by atoms with E-state index in [2.05, 4.69) is 27.4 Å². The van der Waals surface area contributed by atoms with Gasteiger partial charge in [0.1, 0.15) is 17.5 Å². The number of anilines is 2. The van der Waals surface area contributed by atoms with Crippen LogP contribution in [-0.2, 0) is 11.2 Å². The summed E-state index contributed by atoms with van der Waals surface area (Å²) in [7, 11) is 1.61. The molecule has 184 valence electrons. The quantitative estimate of drug-likeness (QED) is 0.475. The number of benzene rings is 2. The van der Waals surface area contributed by atoms with Gasteiger partial charge in [-0.2, -0.15) is 0 Å². The Morgan fingerprint density at radius 2 is 1.86 bits per heavy atom. The van der Waals surface area contributed by atoms with E-state index >= 15 is 0 Å². The lowest BCUT2D eigenvalue weighted by Crippen LogP contribution is -2.55. The zero-order valence-electron chi connectivity index (χ0n) is 20.1. The van der Waals surface area contributed by atoms with Crippen molar-refractivity contribution in [1.29, 1.82) is 0 Å². The molecule has 2 heterocycles. The van der Waals surface area contributed by atoms with Crippen LogP contribution in [0.15, 0.2) is 60.0 Å². The molecular weight excluding hydrogens is 462 g/mol. The first-order valence-electron chi connectivity index (χ1n) is 11.8. The molecule has 1 fully saturated rings. The highest BCUT2D eigenvalue weighted by molar-refractivity contribution is 7.14. The van der Waals surface area contributed by atoms with E-state index in [9.17, 15) is 9.59 Å². The lowest BCUT2D eigenvalue weighted by atomic mass is 10.0. The molecule has 1 aliphatic rings. The summed E-state index contributed by atoms with van der Waals surface area (Å²) in [4.78, 5) is 35.1. The lowest BCUT2D eigenvalue weighted by molar-refractivity contribution is -0.135. The fourth-order valence-electron chi connectivity index (χ4n) is 4.05. The number of piperazine rings is 1. The number of hydrogen-bond acceptors (Lipinski definition) is 7. The molecule has 0 aliphatic carbocycles. The topological polar surface area (TPSA) is 86.8 Å². The van der Waals surface area contributed by atoms with Gasteiger partial charge in [-0.05, 0) is 24.2 Å². The van der Waals surface area contributed by atoms with Gasteiger partial charge in [0, 0.05) is 49.7 Å². The molecular formula is C26H31N5O3S. The largest absolute Gasteiger partial charge is 0.497 e. The number of likely N-dealkylation sites (N-methyl/N-ethyl adjacent to an activating group) is 1. The van der Waals surface area contributed by atoms with Crippen LogP contribution in [0.2, 0.25) is 0 Å². The average Bonchev–Trinajstić information content (AvgIpc) is 3.37. The van der Waals surface area contributed by atoms with Crippen molar-refractivity contribution in [1.82, 2.24) is 20.1 Å². The number of carbonyl (C=O) groups is 2. The minimum absolute atomic E-state index is 0.0529. The van der Waals surface area contributed by atoms with Crippen LogP contribution in [-0.4, -0.2) is 72.5 Å². The van der Waals surface area contributed by atoms with Crippen molar-refractivity contribution in [3.05, 3.63) is 71.2 Å². The number of amides is 2. The molecule has 2 amide bonds. The summed E-state index contributed by atoms with van der Waals surface area (Å²) in [6, 6.07) is 16.6. The fourth-order valence-corrected chi connectivity index (χ4v) is 4.76. The first-order valence-corrected chi connectivity index (χ1v) is 12.7. The standard InChI is InChI=1S/C26H31N5O3S/c1-3-30-12-14-31(15-13-30)25(33)22(16-19-8-5-4-6-9-19)28-24(32)23-18-35-26(29-23)27-20-10-7-11-21(17-20)34-2/h4-11,17-18,22H,3,12-16H2,1-2H3,(H,27,29)(H,28,32)/t22-/m0/s1. The third-order valence-corrected chi connectivity index (χ3v) is 6.83. The van der Waals surface area contributed by atoms with E-state index in [1.165, 1.54) is 11.3 Å². The molecule has 0 unspecified atom stereocenters. The maximum atomic E-state index is 13.4. The van der Waals surface area contributed by atoms with Gasteiger partial charge in [0.05, 0.1) is 7.11 Å². The number of methoxy groups -OCH3 is 1. The SMILES string of the molecule is CCN1CCN(C(=O)[C@H](Cc2ccccc2)NC(=O)c2csc(Nc3cccc(OC)c3)n2)CC1. The first-order chi connectivity index (χ1) is 17.1. The van der Waals surface area contributed by atoms with E-state index in [0.29, 0.717) is 24.6 Å². The molecule has 0 radical (unpaired) electrons. The summed E-state index contributed by atoms with van der Waals surface area (Å²) in [5, 5.41) is 8.44. The predicted molar refractivity (Wildman–Crippen MR) is 138 cm³/mol. The van der Waals surface area contributed by atoms with Crippen molar-refractivity contribution in [2.24, 2.45) is 0 Å². The number of hydrogen-bond donors (Lipinski definition) is 2. The van der Waals surface area contributed by atoms with E-state index in [1.54, 1.807) is 12.5 Å². The summed E-state index contributed by atoms with van der Waals surface area (Å²) in [6.45, 7) is 6.13. The number of nitrogens with one attached hydrogen (secondary N) is 2. The van der Waals surface area contributed by atoms with E-state index in [0.717, 1.165) is 36.6 Å². The Labute approximate surface area is 209 Å². The molecule has 2 N–H and O–H groups in total. The third-order valence-electron chi connectivity index (χ3n) is 6.08. The molecule has 9 heteroatoms. The minimum Gasteiger partial charge on any atom is -0.497 e. The van der Waals surface area contributed by atoms with Crippen molar-refractivity contribution in [3.63, 3.8) is 0 Å². The molecule has 3 aromatic rings. The van der Waals surface area contributed by atoms with Gasteiger partial charge in [-0.25, -0.2) is 4.98 Å². The van der Waals surface area contributed by atoms with Gasteiger partial charge >= 0.3 is 0 Å². The van der Waals surface area contributed by atoms with Crippen molar-refractivity contribution in [2.45, 2.75) is 19.4 Å². The minimum atomic E-state index is -0.658. The van der Waals surface area contributed by atoms with Crippen LogP contribution in [0.25, 0.3) is 0 Å². The average molecular weight is 494 g/mol. The highest BCUT2D eigenvalue weighted by Crippen LogP contribution is 2.24. The fraction of sp³-hybridized carbons (Fsp3) is 0.346. The summed E-state index contributed by atoms with van der Waals surface area (Å²) < 4.78 is 5.25. The van der Waals surface area contributed by atoms with Gasteiger partial charge < -0.3 is 25.2 Å². The summed E-state index contributed by atoms with van der Waals surface area (Å²) >= 11 is 1.33. The second-order valence-electron chi connectivity index (χ2n) is 8.37. The Morgan fingerprint density at radius 1 is 1.09 bits per heavy atom. The molecule has 2 aromatic carbocycles. The van der Waals surface area contributed by atoms with Gasteiger partial charge in [-0.1, -0.05) is 43.3 Å².